The van der Waals surface area contributed by atoms with Gasteiger partial charge >= 0.3 is 0 Å². The van der Waals surface area contributed by atoms with E-state index >= 15 is 0 Å². The van der Waals surface area contributed by atoms with Crippen LogP contribution in [-0.4, -0.2) is 29.8 Å². The molecule has 2 amide bonds. The summed E-state index contributed by atoms with van der Waals surface area (Å²) < 4.78 is 0. The average Bonchev–Trinajstić information content (AvgIpc) is 2.48. The lowest BCUT2D eigenvalue weighted by molar-refractivity contribution is -0.140. The molecule has 0 unspecified atom stereocenters. The van der Waals surface area contributed by atoms with Crippen LogP contribution in [0.3, 0.4) is 0 Å². The molecule has 1 aromatic rings. The molecule has 0 aromatic heterocycles. The van der Waals surface area contributed by atoms with Crippen molar-refractivity contribution in [3.05, 3.63) is 29.8 Å². The molecule has 118 valence electrons. The van der Waals surface area contributed by atoms with Gasteiger partial charge in [0.1, 0.15) is 0 Å². The molecular formula is C18H24N2O2. The Morgan fingerprint density at radius 3 is 2.32 bits per heavy atom. The molecule has 0 radical (unpaired) electrons. The van der Waals surface area contributed by atoms with Crippen LogP contribution >= 0.6 is 0 Å². The molecule has 1 N–H and O–H groups in total. The molecule has 0 spiro atoms. The highest BCUT2D eigenvalue weighted by molar-refractivity contribution is 5.93. The third-order valence-corrected chi connectivity index (χ3v) is 5.03. The largest absolute Gasteiger partial charge is 0.342 e. The van der Waals surface area contributed by atoms with Crippen LogP contribution in [0.4, 0.5) is 5.69 Å². The van der Waals surface area contributed by atoms with Crippen molar-refractivity contribution in [3.63, 3.8) is 0 Å². The highest BCUT2D eigenvalue weighted by atomic mass is 16.2. The van der Waals surface area contributed by atoms with E-state index in [1.807, 2.05) is 36.1 Å². The number of nitrogens with one attached hydrogen (secondary N) is 1. The van der Waals surface area contributed by atoms with Crippen molar-refractivity contribution in [2.75, 3.05) is 18.4 Å². The number of amides is 2. The van der Waals surface area contributed by atoms with E-state index in [0.717, 1.165) is 50.0 Å². The lowest BCUT2D eigenvalue weighted by Gasteiger charge is -2.36. The van der Waals surface area contributed by atoms with Gasteiger partial charge in [0, 0.05) is 30.6 Å². The second-order valence-corrected chi connectivity index (χ2v) is 6.53. The zero-order chi connectivity index (χ0) is 15.5. The number of hydrogen-bond donors (Lipinski definition) is 1. The van der Waals surface area contributed by atoms with Crippen LogP contribution in [0.2, 0.25) is 0 Å². The van der Waals surface area contributed by atoms with Gasteiger partial charge in [0.15, 0.2) is 0 Å². The first-order valence-electron chi connectivity index (χ1n) is 8.30. The van der Waals surface area contributed by atoms with Gasteiger partial charge in [0.25, 0.3) is 0 Å². The lowest BCUT2D eigenvalue weighted by atomic mass is 9.83. The monoisotopic (exact) mass is 300 g/mol. The summed E-state index contributed by atoms with van der Waals surface area (Å²) in [5, 5.41) is 3.03. The number of anilines is 1. The van der Waals surface area contributed by atoms with E-state index < -0.39 is 0 Å². The molecule has 1 aliphatic heterocycles. The van der Waals surface area contributed by atoms with Crippen molar-refractivity contribution in [2.24, 2.45) is 11.8 Å². The smallest absolute Gasteiger partial charge is 0.227 e. The maximum Gasteiger partial charge on any atom is 0.227 e. The van der Waals surface area contributed by atoms with Gasteiger partial charge in [-0.05, 0) is 44.2 Å². The van der Waals surface area contributed by atoms with E-state index in [9.17, 15) is 9.59 Å². The summed E-state index contributed by atoms with van der Waals surface area (Å²) >= 11 is 0. The predicted octanol–water partition coefficient (Wildman–Crippen LogP) is 2.97. The van der Waals surface area contributed by atoms with Gasteiger partial charge in [0.05, 0.1) is 0 Å². The van der Waals surface area contributed by atoms with Gasteiger partial charge in [-0.25, -0.2) is 0 Å². The molecule has 4 heteroatoms. The fraction of sp³-hybridized carbons (Fsp3) is 0.556. The standard InChI is InChI=1S/C18H24N2O2/c1-13-5-2-3-8-16(13)19-17(21)14-9-11-20(12-10-14)18(22)15-6-4-7-15/h2-3,5,8,14-15H,4,6-7,9-12H2,1H3,(H,19,21). The Labute approximate surface area is 131 Å². The minimum absolute atomic E-state index is 0.0186. The Morgan fingerprint density at radius 2 is 1.73 bits per heavy atom. The van der Waals surface area contributed by atoms with Crippen molar-refractivity contribution in [1.82, 2.24) is 4.90 Å². The van der Waals surface area contributed by atoms with Crippen LogP contribution in [0.25, 0.3) is 0 Å². The highest BCUT2D eigenvalue weighted by Crippen LogP contribution is 2.30. The van der Waals surface area contributed by atoms with E-state index in [-0.39, 0.29) is 17.7 Å². The molecule has 22 heavy (non-hydrogen) atoms. The SMILES string of the molecule is Cc1ccccc1NC(=O)C1CCN(C(=O)C2CCC2)CC1. The van der Waals surface area contributed by atoms with Crippen LogP contribution < -0.4 is 5.32 Å². The zero-order valence-electron chi connectivity index (χ0n) is 13.2. The molecule has 3 rings (SSSR count). The van der Waals surface area contributed by atoms with Crippen molar-refractivity contribution in [1.29, 1.82) is 0 Å². The molecule has 1 saturated carbocycles. The summed E-state index contributed by atoms with van der Waals surface area (Å²) in [6, 6.07) is 7.83. The Hall–Kier alpha value is -1.84. The van der Waals surface area contributed by atoms with Crippen LogP contribution in [0, 0.1) is 18.8 Å². The fourth-order valence-corrected chi connectivity index (χ4v) is 3.22. The zero-order valence-corrected chi connectivity index (χ0v) is 13.2. The number of hydrogen-bond acceptors (Lipinski definition) is 2. The fourth-order valence-electron chi connectivity index (χ4n) is 3.22. The number of para-hydroxylation sites is 1. The first-order valence-corrected chi connectivity index (χ1v) is 8.30. The summed E-state index contributed by atoms with van der Waals surface area (Å²) in [6.07, 6.45) is 4.83. The number of piperidine rings is 1. The van der Waals surface area contributed by atoms with Gasteiger partial charge in [-0.1, -0.05) is 24.6 Å². The number of nitrogens with zero attached hydrogens (tertiary/aromatic N) is 1. The highest BCUT2D eigenvalue weighted by Gasteiger charge is 2.33. The van der Waals surface area contributed by atoms with Crippen molar-refractivity contribution < 1.29 is 9.59 Å². The molecule has 1 saturated heterocycles. The Morgan fingerprint density at radius 1 is 1.05 bits per heavy atom. The summed E-state index contributed by atoms with van der Waals surface area (Å²) in [7, 11) is 0. The number of carbonyl (C=O) groups is 2. The van der Waals surface area contributed by atoms with E-state index in [0.29, 0.717) is 5.91 Å². The first-order chi connectivity index (χ1) is 10.6. The van der Waals surface area contributed by atoms with Crippen molar-refractivity contribution >= 4 is 17.5 Å². The Balaban J connectivity index is 1.51. The molecule has 4 nitrogen and oxygen atoms in total. The van der Waals surface area contributed by atoms with Crippen molar-refractivity contribution in [2.45, 2.75) is 39.0 Å². The lowest BCUT2D eigenvalue weighted by Crippen LogP contribution is -2.45. The third kappa shape index (κ3) is 3.16. The summed E-state index contributed by atoms with van der Waals surface area (Å²) in [6.45, 7) is 3.44. The molecule has 1 aliphatic carbocycles. The first kappa shape index (κ1) is 15.1. The van der Waals surface area contributed by atoms with Crippen LogP contribution in [0.15, 0.2) is 24.3 Å². The second kappa shape index (κ2) is 6.51. The minimum atomic E-state index is 0.0186. The van der Waals surface area contributed by atoms with E-state index in [1.165, 1.54) is 6.42 Å². The normalized spacial score (nSPS) is 19.6. The number of rotatable bonds is 3. The molecule has 1 heterocycles. The molecular weight excluding hydrogens is 276 g/mol. The average molecular weight is 300 g/mol. The predicted molar refractivity (Wildman–Crippen MR) is 86.5 cm³/mol. The minimum Gasteiger partial charge on any atom is -0.342 e. The van der Waals surface area contributed by atoms with Crippen LogP contribution in [0.1, 0.15) is 37.7 Å². The Kier molecular flexibility index (Phi) is 4.46. The van der Waals surface area contributed by atoms with Crippen LogP contribution in [-0.2, 0) is 9.59 Å². The second-order valence-electron chi connectivity index (χ2n) is 6.53. The van der Waals surface area contributed by atoms with Gasteiger partial charge in [-0.3, -0.25) is 9.59 Å². The number of likely N-dealkylation sites (tertiary alicyclic amines) is 1. The van der Waals surface area contributed by atoms with Gasteiger partial charge in [0.2, 0.25) is 11.8 Å². The molecule has 2 aliphatic rings. The Bertz CT molecular complexity index is 558. The van der Waals surface area contributed by atoms with Gasteiger partial charge in [-0.15, -0.1) is 0 Å². The number of carbonyl (C=O) groups excluding carboxylic acids is 2. The molecule has 2 fully saturated rings. The van der Waals surface area contributed by atoms with E-state index in [1.54, 1.807) is 0 Å². The summed E-state index contributed by atoms with van der Waals surface area (Å²) in [4.78, 5) is 26.6. The van der Waals surface area contributed by atoms with Crippen molar-refractivity contribution in [3.8, 4) is 0 Å². The van der Waals surface area contributed by atoms with Crippen LogP contribution in [0.5, 0.6) is 0 Å². The number of benzene rings is 1. The van der Waals surface area contributed by atoms with E-state index in [4.69, 9.17) is 0 Å². The molecule has 0 bridgehead atoms. The summed E-state index contributed by atoms with van der Waals surface area (Å²) in [5.41, 5.74) is 1.97. The van der Waals surface area contributed by atoms with Gasteiger partial charge in [-0.2, -0.15) is 0 Å². The van der Waals surface area contributed by atoms with Gasteiger partial charge < -0.3 is 10.2 Å². The molecule has 0 atom stereocenters. The van der Waals surface area contributed by atoms with E-state index in [2.05, 4.69) is 5.32 Å². The maximum absolute atomic E-state index is 12.4. The maximum atomic E-state index is 12.4. The summed E-state index contributed by atoms with van der Waals surface area (Å²) in [5.74, 6) is 0.677. The molecule has 1 aromatic carbocycles. The quantitative estimate of drug-likeness (QED) is 0.933. The third-order valence-electron chi connectivity index (χ3n) is 5.03. The topological polar surface area (TPSA) is 49.4 Å². The number of aryl methyl sites for hydroxylation is 1.